The van der Waals surface area contributed by atoms with Crippen LogP contribution in [0.3, 0.4) is 0 Å². The number of rotatable bonds is 6. The highest BCUT2D eigenvalue weighted by molar-refractivity contribution is 6.12. The van der Waals surface area contributed by atoms with Crippen LogP contribution in [0.15, 0.2) is 176 Å². The van der Waals surface area contributed by atoms with Crippen LogP contribution in [0.25, 0.3) is 77.6 Å². The van der Waals surface area contributed by atoms with Gasteiger partial charge in [0.25, 0.3) is 0 Å². The van der Waals surface area contributed by atoms with Gasteiger partial charge < -0.3 is 9.88 Å². The van der Waals surface area contributed by atoms with E-state index < -0.39 is 0 Å². The molecular formula is C45H30N6. The largest absolute Gasteiger partial charge is 0.338 e. The molecule has 0 aliphatic carbocycles. The number of aromatic nitrogens is 5. The highest BCUT2D eigenvalue weighted by atomic mass is 15.2. The molecule has 6 aromatic carbocycles. The summed E-state index contributed by atoms with van der Waals surface area (Å²) >= 11 is 0. The molecule has 240 valence electrons. The first-order valence-corrected chi connectivity index (χ1v) is 17.0. The van der Waals surface area contributed by atoms with Crippen LogP contribution < -0.4 is 5.32 Å². The molecular weight excluding hydrogens is 625 g/mol. The van der Waals surface area contributed by atoms with Crippen LogP contribution >= 0.6 is 0 Å². The Hall–Kier alpha value is -7.05. The van der Waals surface area contributed by atoms with E-state index in [9.17, 15) is 0 Å². The standard InChI is InChI=1S/C45H30N6/c1-2-14-30(15-3-1)32-16-4-9-21-37(32)47-44-42(50-38-22-10-5-17-33(38)34-18-6-11-23-39(34)50)45(49-43(48-44)31-26-28-46-29-27-31)51-40-24-12-7-19-35(40)36-20-8-13-25-41(36)51/h1-29H,(H,47,48,49). The van der Waals surface area contributed by atoms with Gasteiger partial charge in [-0.3, -0.25) is 9.55 Å². The van der Waals surface area contributed by atoms with Gasteiger partial charge in [0.15, 0.2) is 17.5 Å². The molecule has 51 heavy (non-hydrogen) atoms. The van der Waals surface area contributed by atoms with Crippen LogP contribution in [0.1, 0.15) is 0 Å². The van der Waals surface area contributed by atoms with E-state index in [4.69, 9.17) is 9.97 Å². The lowest BCUT2D eigenvalue weighted by Crippen LogP contribution is -2.12. The number of hydrogen-bond acceptors (Lipinski definition) is 4. The van der Waals surface area contributed by atoms with E-state index in [1.807, 2.05) is 18.2 Å². The molecule has 0 unspecified atom stereocenters. The first kappa shape index (κ1) is 28.9. The van der Waals surface area contributed by atoms with E-state index in [0.717, 1.165) is 77.5 Å². The van der Waals surface area contributed by atoms with E-state index >= 15 is 0 Å². The number of fused-ring (bicyclic) bond motifs is 6. The summed E-state index contributed by atoms with van der Waals surface area (Å²) in [6.45, 7) is 0. The molecule has 4 heterocycles. The van der Waals surface area contributed by atoms with Crippen LogP contribution in [0.2, 0.25) is 0 Å². The topological polar surface area (TPSA) is 60.6 Å². The highest BCUT2D eigenvalue weighted by Gasteiger charge is 2.26. The molecule has 0 saturated heterocycles. The Kier molecular flexibility index (Phi) is 6.70. The average molecular weight is 655 g/mol. The minimum atomic E-state index is 0.596. The SMILES string of the molecule is c1ccc(-c2ccccc2Nc2nc(-c3ccncc3)nc(-n3c4ccccc4c4ccccc43)c2-n2c3ccccc3c3ccccc32)cc1. The van der Waals surface area contributed by atoms with Gasteiger partial charge in [-0.25, -0.2) is 9.97 Å². The zero-order valence-electron chi connectivity index (χ0n) is 27.5. The highest BCUT2D eigenvalue weighted by Crippen LogP contribution is 2.42. The number of benzene rings is 6. The van der Waals surface area contributed by atoms with Crippen molar-refractivity contribution in [2.75, 3.05) is 5.32 Å². The summed E-state index contributed by atoms with van der Waals surface area (Å²) in [5, 5.41) is 8.51. The molecule has 0 saturated carbocycles. The van der Waals surface area contributed by atoms with Crippen LogP contribution in [0.5, 0.6) is 0 Å². The fourth-order valence-corrected chi connectivity index (χ4v) is 7.43. The number of anilines is 2. The van der Waals surface area contributed by atoms with Crippen molar-refractivity contribution in [2.24, 2.45) is 0 Å². The van der Waals surface area contributed by atoms with Crippen molar-refractivity contribution >= 4 is 55.1 Å². The summed E-state index contributed by atoms with van der Waals surface area (Å²) in [6.07, 6.45) is 3.58. The van der Waals surface area contributed by atoms with E-state index in [-0.39, 0.29) is 0 Å². The third-order valence-corrected chi connectivity index (χ3v) is 9.66. The maximum Gasteiger partial charge on any atom is 0.168 e. The number of pyridine rings is 1. The van der Waals surface area contributed by atoms with Gasteiger partial charge in [0, 0.05) is 50.8 Å². The molecule has 0 bridgehead atoms. The molecule has 0 amide bonds. The van der Waals surface area contributed by atoms with Gasteiger partial charge >= 0.3 is 0 Å². The fourth-order valence-electron chi connectivity index (χ4n) is 7.43. The normalized spacial score (nSPS) is 11.5. The molecule has 0 aliphatic heterocycles. The summed E-state index contributed by atoms with van der Waals surface area (Å²) in [5.74, 6) is 2.04. The van der Waals surface area contributed by atoms with Gasteiger partial charge in [-0.2, -0.15) is 0 Å². The Labute approximate surface area is 293 Å². The molecule has 0 spiro atoms. The predicted octanol–water partition coefficient (Wildman–Crippen LogP) is 11.1. The van der Waals surface area contributed by atoms with Crippen molar-refractivity contribution in [1.29, 1.82) is 0 Å². The minimum Gasteiger partial charge on any atom is -0.338 e. The Morgan fingerprint density at radius 1 is 0.412 bits per heavy atom. The predicted molar refractivity (Wildman–Crippen MR) is 209 cm³/mol. The van der Waals surface area contributed by atoms with Gasteiger partial charge in [0.05, 0.1) is 22.1 Å². The quantitative estimate of drug-likeness (QED) is 0.194. The lowest BCUT2D eigenvalue weighted by molar-refractivity contribution is 0.996. The Balaban J connectivity index is 1.38. The molecule has 10 rings (SSSR count). The first-order chi connectivity index (χ1) is 25.3. The molecule has 4 aromatic heterocycles. The number of nitrogens with one attached hydrogen (secondary N) is 1. The monoisotopic (exact) mass is 654 g/mol. The maximum absolute atomic E-state index is 5.50. The summed E-state index contributed by atoms with van der Waals surface area (Å²) in [6, 6.07) is 57.1. The molecule has 0 atom stereocenters. The Morgan fingerprint density at radius 3 is 1.49 bits per heavy atom. The smallest absolute Gasteiger partial charge is 0.168 e. The summed E-state index contributed by atoms with van der Waals surface area (Å²) in [5.41, 5.74) is 9.13. The molecule has 0 radical (unpaired) electrons. The zero-order valence-corrected chi connectivity index (χ0v) is 27.5. The molecule has 6 heteroatoms. The molecule has 0 aliphatic rings. The molecule has 0 fully saturated rings. The van der Waals surface area contributed by atoms with Gasteiger partial charge in [-0.05, 0) is 48.0 Å². The average Bonchev–Trinajstić information content (AvgIpc) is 3.71. The van der Waals surface area contributed by atoms with E-state index in [1.165, 1.54) is 0 Å². The zero-order chi connectivity index (χ0) is 33.7. The molecule has 6 nitrogen and oxygen atoms in total. The van der Waals surface area contributed by atoms with Crippen molar-refractivity contribution < 1.29 is 0 Å². The molecule has 10 aromatic rings. The lowest BCUT2D eigenvalue weighted by Gasteiger charge is -2.21. The summed E-state index contributed by atoms with van der Waals surface area (Å²) < 4.78 is 4.62. The second kappa shape index (κ2) is 11.8. The minimum absolute atomic E-state index is 0.596. The third-order valence-electron chi connectivity index (χ3n) is 9.66. The van der Waals surface area contributed by atoms with Crippen molar-refractivity contribution in [2.45, 2.75) is 0 Å². The van der Waals surface area contributed by atoms with E-state index in [0.29, 0.717) is 11.6 Å². The number of hydrogen-bond donors (Lipinski definition) is 1. The van der Waals surface area contributed by atoms with Crippen LogP contribution in [-0.4, -0.2) is 24.1 Å². The van der Waals surface area contributed by atoms with Crippen LogP contribution in [0, 0.1) is 0 Å². The first-order valence-electron chi connectivity index (χ1n) is 17.0. The Bertz CT molecular complexity index is 2780. The van der Waals surface area contributed by atoms with Gasteiger partial charge in [-0.1, -0.05) is 121 Å². The summed E-state index contributed by atoms with van der Waals surface area (Å²) in [4.78, 5) is 15.2. The van der Waals surface area contributed by atoms with Crippen molar-refractivity contribution in [1.82, 2.24) is 24.1 Å². The van der Waals surface area contributed by atoms with Crippen molar-refractivity contribution in [3.63, 3.8) is 0 Å². The van der Waals surface area contributed by atoms with Gasteiger partial charge in [0.2, 0.25) is 0 Å². The summed E-state index contributed by atoms with van der Waals surface area (Å²) in [7, 11) is 0. The third kappa shape index (κ3) is 4.69. The number of para-hydroxylation sites is 5. The molecule has 1 N–H and O–H groups in total. The van der Waals surface area contributed by atoms with E-state index in [2.05, 4.69) is 165 Å². The second-order valence-electron chi connectivity index (χ2n) is 12.6. The van der Waals surface area contributed by atoms with Gasteiger partial charge in [0.1, 0.15) is 5.69 Å². The van der Waals surface area contributed by atoms with Crippen LogP contribution in [-0.2, 0) is 0 Å². The van der Waals surface area contributed by atoms with E-state index in [1.54, 1.807) is 12.4 Å². The second-order valence-corrected chi connectivity index (χ2v) is 12.6. The fraction of sp³-hybridized carbons (Fsp3) is 0. The van der Waals surface area contributed by atoms with Crippen LogP contribution in [0.4, 0.5) is 11.5 Å². The van der Waals surface area contributed by atoms with Gasteiger partial charge in [-0.15, -0.1) is 0 Å². The Morgan fingerprint density at radius 2 is 0.902 bits per heavy atom. The van der Waals surface area contributed by atoms with Crippen molar-refractivity contribution in [3.05, 3.63) is 176 Å². The maximum atomic E-state index is 5.50. The van der Waals surface area contributed by atoms with Crippen molar-refractivity contribution in [3.8, 4) is 34.0 Å². The number of nitrogens with zero attached hydrogens (tertiary/aromatic N) is 5. The lowest BCUT2D eigenvalue weighted by atomic mass is 10.0.